The molecule has 1 heterocycles. The fraction of sp³-hybridized carbons (Fsp3) is 0.450. The van der Waals surface area contributed by atoms with Gasteiger partial charge in [0.05, 0.1) is 19.0 Å². The molecule has 0 spiro atoms. The molecule has 1 unspecified atom stereocenters. The summed E-state index contributed by atoms with van der Waals surface area (Å²) in [6.07, 6.45) is 3.72. The normalized spacial score (nSPS) is 16.0. The highest BCUT2D eigenvalue weighted by atomic mass is 16.2. The highest BCUT2D eigenvalue weighted by Crippen LogP contribution is 2.33. The molecule has 1 atom stereocenters. The average Bonchev–Trinajstić information content (AvgIpc) is 2.52. The van der Waals surface area contributed by atoms with E-state index in [4.69, 9.17) is 0 Å². The summed E-state index contributed by atoms with van der Waals surface area (Å²) < 4.78 is 0. The van der Waals surface area contributed by atoms with Crippen molar-refractivity contribution in [3.8, 4) is 0 Å². The van der Waals surface area contributed by atoms with Crippen molar-refractivity contribution in [3.05, 3.63) is 41.6 Å². The van der Waals surface area contributed by atoms with E-state index in [2.05, 4.69) is 5.32 Å². The number of likely N-dealkylation sites (N-methyl/N-ethyl adjacent to an activating group) is 1. The Morgan fingerprint density at radius 3 is 2.46 bits per heavy atom. The third kappa shape index (κ3) is 4.94. The molecule has 1 aliphatic heterocycles. The molecule has 1 aliphatic rings. The van der Waals surface area contributed by atoms with Crippen molar-refractivity contribution < 1.29 is 14.4 Å². The zero-order chi connectivity index (χ0) is 19.5. The number of hydrogen-bond donors (Lipinski definition) is 1. The summed E-state index contributed by atoms with van der Waals surface area (Å²) in [6, 6.07) is 7.34. The Bertz CT molecular complexity index is 734. The van der Waals surface area contributed by atoms with Gasteiger partial charge in [0, 0.05) is 25.7 Å². The molecular weight excluding hydrogens is 330 g/mol. The van der Waals surface area contributed by atoms with Crippen LogP contribution in [0.25, 0.3) is 6.08 Å². The van der Waals surface area contributed by atoms with Gasteiger partial charge in [-0.25, -0.2) is 0 Å². The third-order valence-corrected chi connectivity index (χ3v) is 4.16. The van der Waals surface area contributed by atoms with E-state index in [0.717, 1.165) is 11.1 Å². The van der Waals surface area contributed by atoms with Crippen molar-refractivity contribution in [2.45, 2.75) is 45.7 Å². The lowest BCUT2D eigenvalue weighted by Gasteiger charge is -2.33. The molecule has 6 nitrogen and oxygen atoms in total. The van der Waals surface area contributed by atoms with Gasteiger partial charge in [-0.3, -0.25) is 14.4 Å². The van der Waals surface area contributed by atoms with Gasteiger partial charge in [0.25, 0.3) is 0 Å². The molecule has 6 heteroatoms. The first-order valence-electron chi connectivity index (χ1n) is 8.69. The molecule has 1 aromatic carbocycles. The molecular formula is C20H27N3O3. The molecule has 0 saturated carbocycles. The van der Waals surface area contributed by atoms with Crippen molar-refractivity contribution in [2.75, 3.05) is 13.6 Å². The Kier molecular flexibility index (Phi) is 5.85. The Morgan fingerprint density at radius 2 is 1.85 bits per heavy atom. The fourth-order valence-corrected chi connectivity index (χ4v) is 3.00. The van der Waals surface area contributed by atoms with Crippen molar-refractivity contribution in [3.63, 3.8) is 0 Å². The zero-order valence-corrected chi connectivity index (χ0v) is 16.1. The topological polar surface area (TPSA) is 69.7 Å². The molecule has 2 rings (SSSR count). The summed E-state index contributed by atoms with van der Waals surface area (Å²) in [5, 5.41) is 2.84. The van der Waals surface area contributed by atoms with E-state index in [9.17, 15) is 14.4 Å². The fourth-order valence-electron chi connectivity index (χ4n) is 3.00. The number of nitrogens with one attached hydrogen (secondary N) is 1. The summed E-state index contributed by atoms with van der Waals surface area (Å²) in [5.41, 5.74) is 1.58. The minimum atomic E-state index is -0.366. The van der Waals surface area contributed by atoms with E-state index in [0.29, 0.717) is 0 Å². The van der Waals surface area contributed by atoms with Crippen LogP contribution < -0.4 is 5.32 Å². The van der Waals surface area contributed by atoms with E-state index < -0.39 is 0 Å². The van der Waals surface area contributed by atoms with Gasteiger partial charge in [-0.15, -0.1) is 0 Å². The number of hydrogen-bond acceptors (Lipinski definition) is 3. The predicted molar refractivity (Wildman–Crippen MR) is 101 cm³/mol. The first kappa shape index (κ1) is 19.7. The number of amides is 3. The summed E-state index contributed by atoms with van der Waals surface area (Å²) in [7, 11) is 1.60. The van der Waals surface area contributed by atoms with E-state index in [1.807, 2.05) is 51.1 Å². The van der Waals surface area contributed by atoms with Crippen molar-refractivity contribution in [1.29, 1.82) is 0 Å². The van der Waals surface area contributed by atoms with Crippen LogP contribution in [0.5, 0.6) is 0 Å². The highest BCUT2D eigenvalue weighted by Gasteiger charge is 2.29. The van der Waals surface area contributed by atoms with Gasteiger partial charge >= 0.3 is 0 Å². The Balaban J connectivity index is 2.11. The smallest absolute Gasteiger partial charge is 0.240 e. The number of carbonyl (C=O) groups excluding carboxylic acids is 3. The molecule has 0 aliphatic carbocycles. The molecule has 1 N–H and O–H groups in total. The van der Waals surface area contributed by atoms with Gasteiger partial charge in [0.2, 0.25) is 17.7 Å². The number of rotatable bonds is 4. The van der Waals surface area contributed by atoms with Gasteiger partial charge in [0.1, 0.15) is 0 Å². The highest BCUT2D eigenvalue weighted by molar-refractivity contribution is 5.86. The van der Waals surface area contributed by atoms with Gasteiger partial charge in [0.15, 0.2) is 0 Å². The van der Waals surface area contributed by atoms with Gasteiger partial charge in [-0.2, -0.15) is 0 Å². The van der Waals surface area contributed by atoms with Gasteiger partial charge in [-0.1, -0.05) is 24.3 Å². The molecule has 0 fully saturated rings. The van der Waals surface area contributed by atoms with Crippen LogP contribution in [0.3, 0.4) is 0 Å². The monoisotopic (exact) mass is 357 g/mol. The van der Waals surface area contributed by atoms with Gasteiger partial charge < -0.3 is 15.1 Å². The molecule has 26 heavy (non-hydrogen) atoms. The molecule has 3 amide bonds. The van der Waals surface area contributed by atoms with Crippen LogP contribution in [0, 0.1) is 0 Å². The maximum atomic E-state index is 12.7. The van der Waals surface area contributed by atoms with Crippen molar-refractivity contribution in [2.24, 2.45) is 0 Å². The SMILES string of the molecule is CC(=O)N1C=Cc2ccccc2C1CC(=O)N(C)CC(=O)NC(C)(C)C. The Labute approximate surface area is 154 Å². The van der Waals surface area contributed by atoms with Gasteiger partial charge in [-0.05, 0) is 38.0 Å². The summed E-state index contributed by atoms with van der Waals surface area (Å²) in [6.45, 7) is 7.14. The Hall–Kier alpha value is -2.63. The lowest BCUT2D eigenvalue weighted by atomic mass is 9.93. The zero-order valence-electron chi connectivity index (χ0n) is 16.1. The van der Waals surface area contributed by atoms with Crippen LogP contribution >= 0.6 is 0 Å². The standard InChI is InChI=1S/C20H27N3O3/c1-14(24)23-11-10-15-8-6-7-9-16(15)17(23)12-19(26)22(5)13-18(25)21-20(2,3)4/h6-11,17H,12-13H2,1-5H3,(H,21,25). The second kappa shape index (κ2) is 7.72. The maximum absolute atomic E-state index is 12.7. The first-order chi connectivity index (χ1) is 12.1. The number of nitrogens with zero attached hydrogens (tertiary/aromatic N) is 2. The second-order valence-electron chi connectivity index (χ2n) is 7.64. The van der Waals surface area contributed by atoms with Crippen LogP contribution in [0.15, 0.2) is 30.5 Å². The van der Waals surface area contributed by atoms with E-state index in [1.54, 1.807) is 18.1 Å². The minimum Gasteiger partial charge on any atom is -0.350 e. The predicted octanol–water partition coefficient (Wildman–Crippen LogP) is 2.32. The molecule has 0 radical (unpaired) electrons. The maximum Gasteiger partial charge on any atom is 0.240 e. The lowest BCUT2D eigenvalue weighted by molar-refractivity contribution is -0.137. The van der Waals surface area contributed by atoms with E-state index >= 15 is 0 Å². The average molecular weight is 357 g/mol. The third-order valence-electron chi connectivity index (χ3n) is 4.16. The summed E-state index contributed by atoms with van der Waals surface area (Å²) in [5.74, 6) is -0.516. The number of fused-ring (bicyclic) bond motifs is 1. The van der Waals surface area contributed by atoms with E-state index in [-0.39, 0.29) is 42.3 Å². The van der Waals surface area contributed by atoms with E-state index in [1.165, 1.54) is 11.8 Å². The molecule has 140 valence electrons. The quantitative estimate of drug-likeness (QED) is 0.899. The number of carbonyl (C=O) groups is 3. The molecule has 0 saturated heterocycles. The number of benzene rings is 1. The molecule has 0 bridgehead atoms. The Morgan fingerprint density at radius 1 is 1.19 bits per heavy atom. The summed E-state index contributed by atoms with van der Waals surface area (Å²) >= 11 is 0. The van der Waals surface area contributed by atoms with Crippen LogP contribution in [-0.4, -0.2) is 46.7 Å². The van der Waals surface area contributed by atoms with Crippen LogP contribution in [-0.2, 0) is 14.4 Å². The second-order valence-corrected chi connectivity index (χ2v) is 7.64. The molecule has 1 aromatic rings. The van der Waals surface area contributed by atoms with Crippen LogP contribution in [0.2, 0.25) is 0 Å². The van der Waals surface area contributed by atoms with Crippen molar-refractivity contribution >= 4 is 23.8 Å². The largest absolute Gasteiger partial charge is 0.350 e. The lowest BCUT2D eigenvalue weighted by Crippen LogP contribution is -2.46. The van der Waals surface area contributed by atoms with Crippen LogP contribution in [0.4, 0.5) is 0 Å². The summed E-state index contributed by atoms with van der Waals surface area (Å²) in [4.78, 5) is 39.7. The van der Waals surface area contributed by atoms with Crippen LogP contribution in [0.1, 0.15) is 51.3 Å². The molecule has 0 aromatic heterocycles. The first-order valence-corrected chi connectivity index (χ1v) is 8.69. The van der Waals surface area contributed by atoms with Crippen molar-refractivity contribution in [1.82, 2.24) is 15.1 Å². The minimum absolute atomic E-state index is 0.0135.